The zero-order valence-electron chi connectivity index (χ0n) is 13.5. The van der Waals surface area contributed by atoms with E-state index in [1.807, 2.05) is 12.1 Å². The second kappa shape index (κ2) is 6.81. The topological polar surface area (TPSA) is 113 Å². The van der Waals surface area contributed by atoms with Crippen molar-refractivity contribution in [3.63, 3.8) is 0 Å². The van der Waals surface area contributed by atoms with Gasteiger partial charge in [0.15, 0.2) is 11.5 Å². The summed E-state index contributed by atoms with van der Waals surface area (Å²) in [6, 6.07) is 5.88. The van der Waals surface area contributed by atoms with Gasteiger partial charge < -0.3 is 10.6 Å². The monoisotopic (exact) mass is 338 g/mol. The first kappa shape index (κ1) is 15.5. The largest absolute Gasteiger partial charge is 0.312 e. The number of pyridine rings is 1. The van der Waals surface area contributed by atoms with E-state index in [0.717, 1.165) is 30.8 Å². The molecular weight excluding hydrogens is 320 g/mol. The SMILES string of the molecule is O=C(Nc1cc(-c2ccncc2)[nH]n1)c1cn(CC2CCCN2)nn1. The van der Waals surface area contributed by atoms with Gasteiger partial charge >= 0.3 is 0 Å². The smallest absolute Gasteiger partial charge is 0.279 e. The van der Waals surface area contributed by atoms with E-state index in [1.54, 1.807) is 29.3 Å². The number of amides is 1. The van der Waals surface area contributed by atoms with Gasteiger partial charge in [0.25, 0.3) is 5.91 Å². The quantitative estimate of drug-likeness (QED) is 0.641. The van der Waals surface area contributed by atoms with Crippen molar-refractivity contribution in [1.82, 2.24) is 35.5 Å². The Morgan fingerprint density at radius 3 is 3.04 bits per heavy atom. The van der Waals surface area contributed by atoms with Gasteiger partial charge in [0.05, 0.1) is 18.4 Å². The number of nitrogens with one attached hydrogen (secondary N) is 3. The van der Waals surface area contributed by atoms with E-state index in [0.29, 0.717) is 11.9 Å². The lowest BCUT2D eigenvalue weighted by Crippen LogP contribution is -2.26. The van der Waals surface area contributed by atoms with Gasteiger partial charge in [0.2, 0.25) is 0 Å². The molecule has 0 aliphatic carbocycles. The van der Waals surface area contributed by atoms with E-state index >= 15 is 0 Å². The zero-order chi connectivity index (χ0) is 17.1. The molecule has 0 aromatic carbocycles. The highest BCUT2D eigenvalue weighted by Gasteiger charge is 2.17. The predicted molar refractivity (Wildman–Crippen MR) is 90.8 cm³/mol. The minimum absolute atomic E-state index is 0.270. The van der Waals surface area contributed by atoms with Gasteiger partial charge in [-0.25, -0.2) is 0 Å². The Morgan fingerprint density at radius 1 is 1.36 bits per heavy atom. The van der Waals surface area contributed by atoms with Crippen molar-refractivity contribution in [2.75, 3.05) is 11.9 Å². The van der Waals surface area contributed by atoms with Gasteiger partial charge in [-0.3, -0.25) is 19.6 Å². The van der Waals surface area contributed by atoms with Crippen LogP contribution in [0.2, 0.25) is 0 Å². The molecule has 1 unspecified atom stereocenters. The fraction of sp³-hybridized carbons (Fsp3) is 0.312. The molecule has 0 bridgehead atoms. The molecule has 25 heavy (non-hydrogen) atoms. The van der Waals surface area contributed by atoms with Crippen molar-refractivity contribution < 1.29 is 4.79 Å². The number of hydrogen-bond donors (Lipinski definition) is 3. The number of hydrogen-bond acceptors (Lipinski definition) is 6. The zero-order valence-corrected chi connectivity index (χ0v) is 13.5. The third-order valence-electron chi connectivity index (χ3n) is 4.15. The third kappa shape index (κ3) is 3.56. The van der Waals surface area contributed by atoms with Crippen molar-refractivity contribution in [3.8, 4) is 11.3 Å². The highest BCUT2D eigenvalue weighted by atomic mass is 16.2. The van der Waals surface area contributed by atoms with Crippen LogP contribution in [-0.4, -0.2) is 48.7 Å². The van der Waals surface area contributed by atoms with Crippen LogP contribution in [0.3, 0.4) is 0 Å². The number of rotatable bonds is 5. The Hall–Kier alpha value is -3.07. The molecule has 4 rings (SSSR count). The molecule has 128 valence electrons. The Labute approximate surface area is 143 Å². The van der Waals surface area contributed by atoms with Crippen LogP contribution < -0.4 is 10.6 Å². The number of aromatic nitrogens is 6. The van der Waals surface area contributed by atoms with Gasteiger partial charge in [-0.05, 0) is 31.5 Å². The molecule has 9 nitrogen and oxygen atoms in total. The molecule has 1 fully saturated rings. The number of anilines is 1. The summed E-state index contributed by atoms with van der Waals surface area (Å²) in [4.78, 5) is 16.3. The van der Waals surface area contributed by atoms with Gasteiger partial charge in [-0.2, -0.15) is 5.10 Å². The summed E-state index contributed by atoms with van der Waals surface area (Å²) in [6.45, 7) is 1.75. The number of nitrogens with zero attached hydrogens (tertiary/aromatic N) is 5. The first-order valence-corrected chi connectivity index (χ1v) is 8.18. The van der Waals surface area contributed by atoms with Crippen molar-refractivity contribution in [2.45, 2.75) is 25.4 Å². The average molecular weight is 338 g/mol. The molecule has 3 aromatic heterocycles. The number of carbonyl (C=O) groups excluding carboxylic acids is 1. The van der Waals surface area contributed by atoms with Gasteiger partial charge in [0.1, 0.15) is 0 Å². The molecule has 0 spiro atoms. The van der Waals surface area contributed by atoms with E-state index in [-0.39, 0.29) is 11.6 Å². The van der Waals surface area contributed by atoms with Gasteiger partial charge in [-0.15, -0.1) is 5.10 Å². The van der Waals surface area contributed by atoms with Gasteiger partial charge in [0, 0.05) is 30.1 Å². The van der Waals surface area contributed by atoms with Crippen LogP contribution >= 0.6 is 0 Å². The molecule has 1 atom stereocenters. The molecule has 0 radical (unpaired) electrons. The fourth-order valence-electron chi connectivity index (χ4n) is 2.88. The first-order valence-electron chi connectivity index (χ1n) is 8.18. The summed E-state index contributed by atoms with van der Waals surface area (Å²) in [5.74, 6) is 0.0993. The van der Waals surface area contributed by atoms with E-state index in [9.17, 15) is 4.79 Å². The molecular formula is C16H18N8O. The van der Waals surface area contributed by atoms with Crippen LogP contribution in [0.15, 0.2) is 36.8 Å². The van der Waals surface area contributed by atoms with Crippen LogP contribution in [0.25, 0.3) is 11.3 Å². The highest BCUT2D eigenvalue weighted by Crippen LogP contribution is 2.18. The molecule has 4 heterocycles. The van der Waals surface area contributed by atoms with Crippen molar-refractivity contribution in [3.05, 3.63) is 42.5 Å². The molecule has 9 heteroatoms. The van der Waals surface area contributed by atoms with Crippen molar-refractivity contribution in [1.29, 1.82) is 0 Å². The van der Waals surface area contributed by atoms with Crippen LogP contribution in [0.5, 0.6) is 0 Å². The standard InChI is InChI=1S/C16H18N8O/c25-16(14-10-24(23-21-14)9-12-2-1-5-18-12)19-15-8-13(20-22-15)11-3-6-17-7-4-11/h3-4,6-8,10,12,18H,1-2,5,9H2,(H2,19,20,22,25). The Bertz CT molecular complexity index is 850. The molecule has 1 aliphatic heterocycles. The first-order chi connectivity index (χ1) is 12.3. The van der Waals surface area contributed by atoms with Crippen LogP contribution in [0.4, 0.5) is 5.82 Å². The van der Waals surface area contributed by atoms with Crippen LogP contribution in [0, 0.1) is 0 Å². The molecule has 3 N–H and O–H groups in total. The summed E-state index contributed by atoms with van der Waals surface area (Å²) in [5.41, 5.74) is 2.01. The number of H-pyrrole nitrogens is 1. The summed E-state index contributed by atoms with van der Waals surface area (Å²) >= 11 is 0. The lowest BCUT2D eigenvalue weighted by atomic mass is 10.2. The van der Waals surface area contributed by atoms with Crippen molar-refractivity contribution >= 4 is 11.7 Å². The number of carbonyl (C=O) groups is 1. The molecule has 1 saturated heterocycles. The predicted octanol–water partition coefficient (Wildman–Crippen LogP) is 1.07. The van der Waals surface area contributed by atoms with Crippen molar-refractivity contribution in [2.24, 2.45) is 0 Å². The fourth-order valence-corrected chi connectivity index (χ4v) is 2.88. The second-order valence-corrected chi connectivity index (χ2v) is 5.98. The third-order valence-corrected chi connectivity index (χ3v) is 4.15. The van der Waals surface area contributed by atoms with Crippen LogP contribution in [-0.2, 0) is 6.54 Å². The molecule has 0 saturated carbocycles. The van der Waals surface area contributed by atoms with E-state index < -0.39 is 0 Å². The maximum absolute atomic E-state index is 12.3. The molecule has 1 amide bonds. The summed E-state index contributed by atoms with van der Waals surface area (Å²) in [6.07, 6.45) is 7.35. The van der Waals surface area contributed by atoms with E-state index in [2.05, 4.69) is 36.1 Å². The highest BCUT2D eigenvalue weighted by molar-refractivity contribution is 6.02. The Morgan fingerprint density at radius 2 is 2.24 bits per heavy atom. The average Bonchev–Trinajstić information content (AvgIpc) is 3.38. The van der Waals surface area contributed by atoms with Gasteiger partial charge in [-0.1, -0.05) is 5.21 Å². The number of aromatic amines is 1. The molecule has 1 aliphatic rings. The normalized spacial score (nSPS) is 16.9. The van der Waals surface area contributed by atoms with Crippen LogP contribution in [0.1, 0.15) is 23.3 Å². The lowest BCUT2D eigenvalue weighted by Gasteiger charge is -2.08. The van der Waals surface area contributed by atoms with E-state index in [1.165, 1.54) is 6.42 Å². The summed E-state index contributed by atoms with van der Waals surface area (Å²) in [7, 11) is 0. The summed E-state index contributed by atoms with van der Waals surface area (Å²) < 4.78 is 1.70. The maximum atomic E-state index is 12.3. The maximum Gasteiger partial charge on any atom is 0.279 e. The van der Waals surface area contributed by atoms with E-state index in [4.69, 9.17) is 0 Å². The second-order valence-electron chi connectivity index (χ2n) is 5.98. The Balaban J connectivity index is 1.40. The molecule has 3 aromatic rings. The Kier molecular flexibility index (Phi) is 4.21. The minimum atomic E-state index is -0.335. The minimum Gasteiger partial charge on any atom is -0.312 e. The summed E-state index contributed by atoms with van der Waals surface area (Å²) in [5, 5.41) is 21.1. The lowest BCUT2D eigenvalue weighted by molar-refractivity contribution is 0.102.